The molecule has 9 heteroatoms. The standard InChI is InChI=1S/C19H22FN3O4S/c1-13-8-9-16(11-17(13)20)28(26,27)21-15-7-5-6-14(10-15)19(25)23(4)12-18(24)22(2)3/h5-11,21H,12H2,1-4H3. The van der Waals surface area contributed by atoms with E-state index in [2.05, 4.69) is 4.72 Å². The highest BCUT2D eigenvalue weighted by Crippen LogP contribution is 2.20. The molecule has 2 aromatic carbocycles. The van der Waals surface area contributed by atoms with Gasteiger partial charge in [0.15, 0.2) is 0 Å². The van der Waals surface area contributed by atoms with Crippen LogP contribution in [0.1, 0.15) is 15.9 Å². The third-order valence-electron chi connectivity index (χ3n) is 4.03. The van der Waals surface area contributed by atoms with Gasteiger partial charge in [0, 0.05) is 32.4 Å². The molecule has 0 heterocycles. The van der Waals surface area contributed by atoms with E-state index in [0.717, 1.165) is 6.07 Å². The number of anilines is 1. The number of sulfonamides is 1. The molecule has 2 amide bonds. The van der Waals surface area contributed by atoms with Crippen molar-refractivity contribution in [2.24, 2.45) is 0 Å². The van der Waals surface area contributed by atoms with Gasteiger partial charge in [-0.2, -0.15) is 0 Å². The first-order valence-corrected chi connectivity index (χ1v) is 9.84. The Morgan fingerprint density at radius 2 is 1.75 bits per heavy atom. The lowest BCUT2D eigenvalue weighted by atomic mass is 10.2. The van der Waals surface area contributed by atoms with Crippen LogP contribution in [0.4, 0.5) is 10.1 Å². The van der Waals surface area contributed by atoms with E-state index in [0.29, 0.717) is 5.56 Å². The van der Waals surface area contributed by atoms with E-state index in [1.54, 1.807) is 14.1 Å². The SMILES string of the molecule is Cc1ccc(S(=O)(=O)Nc2cccc(C(=O)N(C)CC(=O)N(C)C)c2)cc1F. The number of halogens is 1. The Balaban J connectivity index is 2.21. The van der Waals surface area contributed by atoms with Crippen LogP contribution in [0.25, 0.3) is 0 Å². The van der Waals surface area contributed by atoms with Crippen LogP contribution in [-0.4, -0.2) is 57.7 Å². The summed E-state index contributed by atoms with van der Waals surface area (Å²) in [5.74, 6) is -1.30. The smallest absolute Gasteiger partial charge is 0.261 e. The van der Waals surface area contributed by atoms with Crippen molar-refractivity contribution in [2.75, 3.05) is 32.4 Å². The number of benzene rings is 2. The van der Waals surface area contributed by atoms with Gasteiger partial charge in [0.25, 0.3) is 15.9 Å². The molecule has 7 nitrogen and oxygen atoms in total. The highest BCUT2D eigenvalue weighted by Gasteiger charge is 2.19. The number of rotatable bonds is 6. The van der Waals surface area contributed by atoms with Gasteiger partial charge in [-0.1, -0.05) is 12.1 Å². The summed E-state index contributed by atoms with van der Waals surface area (Å²) in [5, 5.41) is 0. The average molecular weight is 407 g/mol. The second-order valence-electron chi connectivity index (χ2n) is 6.55. The molecule has 1 N–H and O–H groups in total. The maximum Gasteiger partial charge on any atom is 0.261 e. The molecule has 0 saturated carbocycles. The van der Waals surface area contributed by atoms with Crippen LogP contribution >= 0.6 is 0 Å². The molecule has 0 aliphatic carbocycles. The number of carbonyl (C=O) groups excluding carboxylic acids is 2. The summed E-state index contributed by atoms with van der Waals surface area (Å²) in [6.45, 7) is 1.43. The molecule has 0 spiro atoms. The number of nitrogens with one attached hydrogen (secondary N) is 1. The summed E-state index contributed by atoms with van der Waals surface area (Å²) in [7, 11) is 0.635. The van der Waals surface area contributed by atoms with Gasteiger partial charge in [0.05, 0.1) is 11.4 Å². The summed E-state index contributed by atoms with van der Waals surface area (Å²) in [4.78, 5) is 26.7. The molecule has 2 aromatic rings. The fourth-order valence-electron chi connectivity index (χ4n) is 2.31. The third kappa shape index (κ3) is 5.07. The van der Waals surface area contributed by atoms with E-state index < -0.39 is 21.7 Å². The minimum Gasteiger partial charge on any atom is -0.347 e. The van der Waals surface area contributed by atoms with Crippen LogP contribution in [-0.2, 0) is 14.8 Å². The van der Waals surface area contributed by atoms with Crippen molar-refractivity contribution < 1.29 is 22.4 Å². The highest BCUT2D eigenvalue weighted by atomic mass is 32.2. The monoisotopic (exact) mass is 407 g/mol. The maximum absolute atomic E-state index is 13.7. The van der Waals surface area contributed by atoms with E-state index in [4.69, 9.17) is 0 Å². The molecule has 0 radical (unpaired) electrons. The second kappa shape index (κ2) is 8.39. The zero-order valence-corrected chi connectivity index (χ0v) is 16.9. The van der Waals surface area contributed by atoms with Gasteiger partial charge in [-0.3, -0.25) is 14.3 Å². The zero-order chi connectivity index (χ0) is 21.1. The lowest BCUT2D eigenvalue weighted by molar-refractivity contribution is -0.129. The molecular formula is C19H22FN3O4S. The first-order valence-electron chi connectivity index (χ1n) is 8.36. The third-order valence-corrected chi connectivity index (χ3v) is 5.41. The molecule has 0 saturated heterocycles. The van der Waals surface area contributed by atoms with E-state index >= 15 is 0 Å². The van der Waals surface area contributed by atoms with E-state index in [1.165, 1.54) is 60.2 Å². The average Bonchev–Trinajstić information content (AvgIpc) is 2.62. The Morgan fingerprint density at radius 1 is 1.07 bits per heavy atom. The highest BCUT2D eigenvalue weighted by molar-refractivity contribution is 7.92. The quantitative estimate of drug-likeness (QED) is 0.795. The van der Waals surface area contributed by atoms with E-state index in [-0.39, 0.29) is 28.6 Å². The van der Waals surface area contributed by atoms with Gasteiger partial charge < -0.3 is 9.80 Å². The van der Waals surface area contributed by atoms with Crippen LogP contribution in [0.15, 0.2) is 47.4 Å². The Kier molecular flexibility index (Phi) is 6.40. The van der Waals surface area contributed by atoms with Crippen molar-refractivity contribution in [3.63, 3.8) is 0 Å². The summed E-state index contributed by atoms with van der Waals surface area (Å²) >= 11 is 0. The first kappa shape index (κ1) is 21.4. The normalized spacial score (nSPS) is 11.0. The summed E-state index contributed by atoms with van der Waals surface area (Å²) in [5.41, 5.74) is 0.699. The van der Waals surface area contributed by atoms with Crippen LogP contribution in [0.5, 0.6) is 0 Å². The fraction of sp³-hybridized carbons (Fsp3) is 0.263. The Bertz CT molecular complexity index is 1010. The maximum atomic E-state index is 13.7. The molecule has 0 aliphatic heterocycles. The number of nitrogens with zero attached hydrogens (tertiary/aromatic N) is 2. The Hall–Kier alpha value is -2.94. The molecule has 0 bridgehead atoms. The van der Waals surface area contributed by atoms with Gasteiger partial charge in [0.1, 0.15) is 5.82 Å². The number of carbonyl (C=O) groups is 2. The number of amides is 2. The Labute approximate surface area is 163 Å². The van der Waals surface area contributed by atoms with Crippen molar-refractivity contribution in [1.82, 2.24) is 9.80 Å². The largest absolute Gasteiger partial charge is 0.347 e. The van der Waals surface area contributed by atoms with Crippen molar-refractivity contribution >= 4 is 27.5 Å². The predicted octanol–water partition coefficient (Wildman–Crippen LogP) is 2.10. The van der Waals surface area contributed by atoms with Gasteiger partial charge in [-0.05, 0) is 42.8 Å². The minimum absolute atomic E-state index is 0.107. The number of hydrogen-bond donors (Lipinski definition) is 1. The van der Waals surface area contributed by atoms with Gasteiger partial charge >= 0.3 is 0 Å². The topological polar surface area (TPSA) is 86.8 Å². The lowest BCUT2D eigenvalue weighted by Crippen LogP contribution is -2.37. The first-order chi connectivity index (χ1) is 13.0. The Morgan fingerprint density at radius 3 is 2.36 bits per heavy atom. The molecule has 0 fully saturated rings. The fourth-order valence-corrected chi connectivity index (χ4v) is 3.37. The number of hydrogen-bond acceptors (Lipinski definition) is 4. The predicted molar refractivity (Wildman–Crippen MR) is 104 cm³/mol. The van der Waals surface area contributed by atoms with Gasteiger partial charge in [-0.25, -0.2) is 12.8 Å². The molecule has 28 heavy (non-hydrogen) atoms. The second-order valence-corrected chi connectivity index (χ2v) is 8.23. The van der Waals surface area contributed by atoms with Gasteiger partial charge in [0.2, 0.25) is 5.91 Å². The summed E-state index contributed by atoms with van der Waals surface area (Å²) in [6.07, 6.45) is 0. The van der Waals surface area contributed by atoms with Crippen LogP contribution in [0, 0.1) is 12.7 Å². The lowest BCUT2D eigenvalue weighted by Gasteiger charge is -2.19. The molecule has 150 valence electrons. The van der Waals surface area contributed by atoms with Crippen LogP contribution in [0.3, 0.4) is 0 Å². The number of aryl methyl sites for hydroxylation is 1. The summed E-state index contributed by atoms with van der Waals surface area (Å²) in [6, 6.07) is 9.49. The van der Waals surface area contributed by atoms with Crippen molar-refractivity contribution in [3.05, 3.63) is 59.4 Å². The molecular weight excluding hydrogens is 385 g/mol. The van der Waals surface area contributed by atoms with Crippen LogP contribution < -0.4 is 4.72 Å². The molecule has 0 aromatic heterocycles. The van der Waals surface area contributed by atoms with Crippen molar-refractivity contribution in [2.45, 2.75) is 11.8 Å². The minimum atomic E-state index is -4.02. The molecule has 2 rings (SSSR count). The molecule has 0 aliphatic rings. The number of likely N-dealkylation sites (N-methyl/N-ethyl adjacent to an activating group) is 2. The van der Waals surface area contributed by atoms with E-state index in [1.807, 2.05) is 0 Å². The van der Waals surface area contributed by atoms with Crippen molar-refractivity contribution in [1.29, 1.82) is 0 Å². The van der Waals surface area contributed by atoms with Crippen molar-refractivity contribution in [3.8, 4) is 0 Å². The van der Waals surface area contributed by atoms with Crippen LogP contribution in [0.2, 0.25) is 0 Å². The molecule has 0 atom stereocenters. The molecule has 0 unspecified atom stereocenters. The van der Waals surface area contributed by atoms with Gasteiger partial charge in [-0.15, -0.1) is 0 Å². The summed E-state index contributed by atoms with van der Waals surface area (Å²) < 4.78 is 41.0. The zero-order valence-electron chi connectivity index (χ0n) is 16.1. The van der Waals surface area contributed by atoms with E-state index in [9.17, 15) is 22.4 Å².